The van der Waals surface area contributed by atoms with Crippen molar-refractivity contribution in [3.63, 3.8) is 0 Å². The number of hydrogen-bond donors (Lipinski definition) is 1. The summed E-state index contributed by atoms with van der Waals surface area (Å²) >= 11 is 1.75. The van der Waals surface area contributed by atoms with Crippen LogP contribution in [0.25, 0.3) is 0 Å². The molecule has 19 heavy (non-hydrogen) atoms. The fraction of sp³-hybridized carbons (Fsp3) is 0.250. The summed E-state index contributed by atoms with van der Waals surface area (Å²) in [5, 5.41) is 0.220. The second-order valence-corrected chi connectivity index (χ2v) is 5.64. The number of para-hydroxylation sites is 1. The third-order valence-electron chi connectivity index (χ3n) is 2.93. The highest BCUT2D eigenvalue weighted by Crippen LogP contribution is 2.41. The molecule has 3 heteroatoms. The number of nitrogens with two attached hydrogens (primary N) is 1. The Morgan fingerprint density at radius 3 is 2.26 bits per heavy atom. The molecule has 2 unspecified atom stereocenters. The quantitative estimate of drug-likeness (QED) is 0.840. The lowest BCUT2D eigenvalue weighted by Crippen LogP contribution is -2.22. The summed E-state index contributed by atoms with van der Waals surface area (Å²) in [4.78, 5) is 1.12. The molecule has 0 saturated heterocycles. The summed E-state index contributed by atoms with van der Waals surface area (Å²) < 4.78 is 5.40. The molecule has 0 aliphatic heterocycles. The molecular formula is C16H19NOS. The van der Waals surface area contributed by atoms with Gasteiger partial charge < -0.3 is 10.5 Å². The molecule has 0 amide bonds. The molecule has 0 bridgehead atoms. The lowest BCUT2D eigenvalue weighted by molar-refractivity contribution is 0.404. The third kappa shape index (κ3) is 3.52. The fourth-order valence-corrected chi connectivity index (χ4v) is 3.18. The maximum absolute atomic E-state index is 6.15. The molecule has 0 fully saturated rings. The van der Waals surface area contributed by atoms with Crippen LogP contribution in [0, 0.1) is 0 Å². The molecule has 100 valence electrons. The van der Waals surface area contributed by atoms with Gasteiger partial charge in [-0.3, -0.25) is 0 Å². The molecule has 0 heterocycles. The van der Waals surface area contributed by atoms with Crippen molar-refractivity contribution in [2.24, 2.45) is 5.73 Å². The largest absolute Gasteiger partial charge is 0.496 e. The first-order chi connectivity index (χ1) is 9.22. The summed E-state index contributed by atoms with van der Waals surface area (Å²) in [5.41, 5.74) is 7.39. The molecule has 2 rings (SSSR count). The first-order valence-electron chi connectivity index (χ1n) is 6.32. The zero-order valence-corrected chi connectivity index (χ0v) is 12.1. The van der Waals surface area contributed by atoms with Gasteiger partial charge >= 0.3 is 0 Å². The van der Waals surface area contributed by atoms with Crippen LogP contribution in [-0.4, -0.2) is 13.2 Å². The molecule has 0 saturated carbocycles. The van der Waals surface area contributed by atoms with Gasteiger partial charge in [0, 0.05) is 16.2 Å². The van der Waals surface area contributed by atoms with E-state index < -0.39 is 0 Å². The van der Waals surface area contributed by atoms with Crippen LogP contribution < -0.4 is 10.5 Å². The summed E-state index contributed by atoms with van der Waals surface area (Å²) in [7, 11) is 1.70. The number of benzene rings is 2. The van der Waals surface area contributed by atoms with E-state index in [-0.39, 0.29) is 11.3 Å². The molecule has 2 aromatic carbocycles. The summed E-state index contributed by atoms with van der Waals surface area (Å²) in [6.07, 6.45) is 0. The SMILES string of the molecule is COc1ccccc1SC(c1ccccc1)C(C)N. The Labute approximate surface area is 119 Å². The summed E-state index contributed by atoms with van der Waals surface area (Å²) in [5.74, 6) is 0.897. The van der Waals surface area contributed by atoms with Crippen molar-refractivity contribution in [1.29, 1.82) is 0 Å². The second kappa shape index (κ2) is 6.64. The van der Waals surface area contributed by atoms with Gasteiger partial charge in [-0.1, -0.05) is 42.5 Å². The topological polar surface area (TPSA) is 35.2 Å². The lowest BCUT2D eigenvalue weighted by Gasteiger charge is -2.21. The van der Waals surface area contributed by atoms with Gasteiger partial charge in [0.1, 0.15) is 5.75 Å². The van der Waals surface area contributed by atoms with Crippen molar-refractivity contribution in [2.45, 2.75) is 23.1 Å². The fourth-order valence-electron chi connectivity index (χ4n) is 1.97. The van der Waals surface area contributed by atoms with Crippen LogP contribution in [0.2, 0.25) is 0 Å². The molecule has 0 aromatic heterocycles. The molecule has 2 aromatic rings. The van der Waals surface area contributed by atoms with E-state index in [1.807, 2.05) is 43.3 Å². The Morgan fingerprint density at radius 1 is 1.00 bits per heavy atom. The minimum Gasteiger partial charge on any atom is -0.496 e. The summed E-state index contributed by atoms with van der Waals surface area (Å²) in [6, 6.07) is 18.5. The van der Waals surface area contributed by atoms with E-state index >= 15 is 0 Å². The Balaban J connectivity index is 2.27. The highest BCUT2D eigenvalue weighted by atomic mass is 32.2. The van der Waals surface area contributed by atoms with Gasteiger partial charge in [0.2, 0.25) is 0 Å². The molecule has 2 atom stereocenters. The smallest absolute Gasteiger partial charge is 0.132 e. The van der Waals surface area contributed by atoms with Crippen LogP contribution in [0.5, 0.6) is 5.75 Å². The van der Waals surface area contributed by atoms with Crippen LogP contribution in [0.3, 0.4) is 0 Å². The average Bonchev–Trinajstić information content (AvgIpc) is 2.45. The predicted molar refractivity (Wildman–Crippen MR) is 81.7 cm³/mol. The Bertz CT molecular complexity index is 513. The van der Waals surface area contributed by atoms with Crippen LogP contribution in [0.4, 0.5) is 0 Å². The van der Waals surface area contributed by atoms with Crippen molar-refractivity contribution < 1.29 is 4.74 Å². The Hall–Kier alpha value is -1.45. The molecule has 0 spiro atoms. The van der Waals surface area contributed by atoms with Crippen molar-refractivity contribution in [2.75, 3.05) is 7.11 Å². The van der Waals surface area contributed by atoms with Gasteiger partial charge in [-0.05, 0) is 24.6 Å². The van der Waals surface area contributed by atoms with Crippen molar-refractivity contribution >= 4 is 11.8 Å². The normalized spacial score (nSPS) is 13.8. The lowest BCUT2D eigenvalue weighted by atomic mass is 10.1. The molecule has 0 radical (unpaired) electrons. The van der Waals surface area contributed by atoms with Gasteiger partial charge in [-0.2, -0.15) is 0 Å². The van der Waals surface area contributed by atoms with E-state index in [1.165, 1.54) is 5.56 Å². The van der Waals surface area contributed by atoms with Crippen LogP contribution in [-0.2, 0) is 0 Å². The van der Waals surface area contributed by atoms with E-state index in [0.29, 0.717) is 0 Å². The number of ether oxygens (including phenoxy) is 1. The maximum Gasteiger partial charge on any atom is 0.132 e. The molecule has 2 nitrogen and oxygen atoms in total. The maximum atomic E-state index is 6.15. The highest BCUT2D eigenvalue weighted by molar-refractivity contribution is 7.99. The standard InChI is InChI=1S/C16H19NOS/c1-12(17)16(13-8-4-3-5-9-13)19-15-11-7-6-10-14(15)18-2/h3-12,16H,17H2,1-2H3. The van der Waals surface area contributed by atoms with Crippen molar-refractivity contribution in [3.8, 4) is 5.75 Å². The van der Waals surface area contributed by atoms with Crippen LogP contribution in [0.1, 0.15) is 17.7 Å². The molecule has 0 aliphatic rings. The zero-order valence-electron chi connectivity index (χ0n) is 11.2. The number of thioether (sulfide) groups is 1. The van der Waals surface area contributed by atoms with Gasteiger partial charge in [0.15, 0.2) is 0 Å². The second-order valence-electron chi connectivity index (χ2n) is 4.46. The van der Waals surface area contributed by atoms with E-state index in [9.17, 15) is 0 Å². The monoisotopic (exact) mass is 273 g/mol. The first-order valence-corrected chi connectivity index (χ1v) is 7.20. The van der Waals surface area contributed by atoms with Crippen molar-refractivity contribution in [3.05, 3.63) is 60.2 Å². The van der Waals surface area contributed by atoms with Gasteiger partial charge in [0.05, 0.1) is 7.11 Å². The minimum atomic E-state index is 0.0670. The number of hydrogen-bond acceptors (Lipinski definition) is 3. The van der Waals surface area contributed by atoms with Gasteiger partial charge in [-0.25, -0.2) is 0 Å². The van der Waals surface area contributed by atoms with Gasteiger partial charge in [0.25, 0.3) is 0 Å². The Kier molecular flexibility index (Phi) is 4.88. The average molecular weight is 273 g/mol. The number of methoxy groups -OCH3 is 1. The van der Waals surface area contributed by atoms with Gasteiger partial charge in [-0.15, -0.1) is 11.8 Å². The van der Waals surface area contributed by atoms with E-state index in [4.69, 9.17) is 10.5 Å². The van der Waals surface area contributed by atoms with Crippen LogP contribution in [0.15, 0.2) is 59.5 Å². The first kappa shape index (κ1) is 14.0. The zero-order chi connectivity index (χ0) is 13.7. The molecular weight excluding hydrogens is 254 g/mol. The van der Waals surface area contributed by atoms with Crippen LogP contribution >= 0.6 is 11.8 Å². The van der Waals surface area contributed by atoms with E-state index in [2.05, 4.69) is 18.2 Å². The van der Waals surface area contributed by atoms with E-state index in [0.717, 1.165) is 10.6 Å². The van der Waals surface area contributed by atoms with Crippen molar-refractivity contribution in [1.82, 2.24) is 0 Å². The Morgan fingerprint density at radius 2 is 1.63 bits per heavy atom. The minimum absolute atomic E-state index is 0.0670. The molecule has 0 aliphatic carbocycles. The third-order valence-corrected chi connectivity index (χ3v) is 4.48. The summed E-state index contributed by atoms with van der Waals surface area (Å²) in [6.45, 7) is 2.04. The number of rotatable bonds is 5. The predicted octanol–water partition coefficient (Wildman–Crippen LogP) is 3.88. The molecule has 2 N–H and O–H groups in total. The van der Waals surface area contributed by atoms with E-state index in [1.54, 1.807) is 18.9 Å². The highest BCUT2D eigenvalue weighted by Gasteiger charge is 2.19.